The van der Waals surface area contributed by atoms with Crippen molar-refractivity contribution in [2.24, 2.45) is 0 Å². The van der Waals surface area contributed by atoms with Gasteiger partial charge in [-0.15, -0.1) is 0 Å². The van der Waals surface area contributed by atoms with Gasteiger partial charge in [0.15, 0.2) is 18.0 Å². The molecule has 13 nitrogen and oxygen atoms in total. The van der Waals surface area contributed by atoms with Crippen LogP contribution in [0.15, 0.2) is 246 Å². The van der Waals surface area contributed by atoms with E-state index in [0.717, 1.165) is 33.4 Å². The summed E-state index contributed by atoms with van der Waals surface area (Å²) in [5, 5.41) is 0.381. The summed E-state index contributed by atoms with van der Waals surface area (Å²) in [5.41, 5.74) is 6.55. The van der Waals surface area contributed by atoms with Crippen molar-refractivity contribution in [3.05, 3.63) is 276 Å². The Bertz CT molecular complexity index is 3260. The number of carbonyl (C=O) groups excluding carboxylic acids is 1. The summed E-state index contributed by atoms with van der Waals surface area (Å²) in [7, 11) is 0. The minimum Gasteiger partial charge on any atom is -0.450 e. The fourth-order valence-electron chi connectivity index (χ4n) is 9.99. The van der Waals surface area contributed by atoms with E-state index in [0.29, 0.717) is 28.5 Å². The first kappa shape index (κ1) is 56.5. The maximum Gasteiger partial charge on any atom is 0.338 e. The lowest BCUT2D eigenvalue weighted by Gasteiger charge is -2.47. The molecule has 82 heavy (non-hydrogen) atoms. The van der Waals surface area contributed by atoms with Gasteiger partial charge in [-0.1, -0.05) is 212 Å². The highest BCUT2D eigenvalue weighted by atomic mass is 32.2. The average molecular weight is 1120 g/mol. The van der Waals surface area contributed by atoms with E-state index in [-0.39, 0.29) is 46.2 Å². The van der Waals surface area contributed by atoms with Crippen molar-refractivity contribution in [1.82, 2.24) is 4.98 Å². The predicted molar refractivity (Wildman–Crippen MR) is 310 cm³/mol. The summed E-state index contributed by atoms with van der Waals surface area (Å²) in [6.45, 7) is 1.26. The van der Waals surface area contributed by atoms with Crippen LogP contribution in [0, 0.1) is 0 Å². The zero-order valence-electron chi connectivity index (χ0n) is 45.2. The van der Waals surface area contributed by atoms with E-state index in [1.165, 1.54) is 11.8 Å². The largest absolute Gasteiger partial charge is 0.450 e. The number of benzene rings is 8. The van der Waals surface area contributed by atoms with Crippen LogP contribution in [-0.2, 0) is 87.0 Å². The Morgan fingerprint density at radius 1 is 0.390 bits per heavy atom. The molecule has 0 amide bonds. The fraction of sp³-hybridized carbons (Fsp3) is 0.265. The molecule has 2 fully saturated rings. The number of aromatic nitrogens is 1. The Morgan fingerprint density at radius 3 is 1.26 bits per heavy atom. The highest BCUT2D eigenvalue weighted by Crippen LogP contribution is 2.40. The number of nitrogens with zero attached hydrogens (tertiary/aromatic N) is 1. The fourth-order valence-corrected chi connectivity index (χ4v) is 11.0. The lowest BCUT2D eigenvalue weighted by atomic mass is 9.97. The quantitative estimate of drug-likeness (QED) is 0.0476. The third-order valence-electron chi connectivity index (χ3n) is 14.2. The number of ether oxygens (including phenoxy) is 10. The molecule has 0 spiro atoms. The van der Waals surface area contributed by atoms with Crippen LogP contribution in [0.4, 0.5) is 0 Å². The van der Waals surface area contributed by atoms with Crippen LogP contribution >= 0.6 is 11.8 Å². The van der Waals surface area contributed by atoms with Gasteiger partial charge in [0.1, 0.15) is 53.7 Å². The van der Waals surface area contributed by atoms with Crippen LogP contribution in [0.3, 0.4) is 0 Å². The molecule has 2 aliphatic rings. The van der Waals surface area contributed by atoms with Gasteiger partial charge in [-0.2, -0.15) is 0 Å². The van der Waals surface area contributed by atoms with E-state index in [9.17, 15) is 4.79 Å². The van der Waals surface area contributed by atoms with Crippen molar-refractivity contribution in [1.29, 1.82) is 0 Å². The molecular weight excluding hydrogens is 1050 g/mol. The Hall–Kier alpha value is -7.31. The third kappa shape index (κ3) is 15.4. The van der Waals surface area contributed by atoms with Gasteiger partial charge in [0.25, 0.3) is 5.22 Å². The SMILES string of the molecule is O=C(O[C@H]1[C@H](OC[C@H]2O[C@@H](Sc3nc4ccccc4o3)[C@H](OCc3ccccc3)[C@@H](OCc3ccccc3)[C@@H]2OCc2ccccc2)O[C@H](COCc2ccccc2)[C@@H](OCc2ccccc2)[C@@H]1OCc1ccccc1)c1ccccc1. The molecule has 0 bridgehead atoms. The summed E-state index contributed by atoms with van der Waals surface area (Å²) in [5.74, 6) is -0.600. The lowest BCUT2D eigenvalue weighted by Crippen LogP contribution is -2.63. The Balaban J connectivity index is 0.973. The molecule has 8 aromatic carbocycles. The number of esters is 1. The molecule has 14 heteroatoms. The molecule has 420 valence electrons. The molecule has 0 radical (unpaired) electrons. The number of rotatable bonds is 26. The van der Waals surface area contributed by atoms with Gasteiger partial charge in [-0.25, -0.2) is 9.78 Å². The smallest absolute Gasteiger partial charge is 0.338 e. The van der Waals surface area contributed by atoms with Gasteiger partial charge in [0, 0.05) is 0 Å². The minimum atomic E-state index is -1.27. The van der Waals surface area contributed by atoms with Gasteiger partial charge in [0.05, 0.1) is 58.4 Å². The molecular formula is C68H65NO12S. The van der Waals surface area contributed by atoms with Gasteiger partial charge in [-0.05, 0) is 69.4 Å². The summed E-state index contributed by atoms with van der Waals surface area (Å²) in [6.07, 6.45) is -8.29. The van der Waals surface area contributed by atoms with Gasteiger partial charge in [-0.3, -0.25) is 0 Å². The standard InChI is InChI=1S/C68H65NO12S/c70-65(54-36-20-7-21-37-54)81-63-61(74-43-51-30-14-4-15-31-51)59(72-41-49-26-10-2-11-27-49)57(46-71-40-48-24-8-1-9-25-48)78-66(63)77-47-58-60(73-42-50-28-12-3-13-29-50)62(75-44-52-32-16-5-17-33-52)64(76-45-53-34-18-6-19-35-53)67(79-58)82-68-69-55-38-22-23-39-56(55)80-68/h1-39,57-64,66-67H,40-47H2/t57-,58-,59-,60-,61+,62+,63-,64-,66-,67+/m1/s1. The van der Waals surface area contributed by atoms with Gasteiger partial charge < -0.3 is 51.8 Å². The van der Waals surface area contributed by atoms with E-state index < -0.39 is 66.5 Å². The van der Waals surface area contributed by atoms with E-state index in [2.05, 4.69) is 0 Å². The monoisotopic (exact) mass is 1120 g/mol. The number of thioether (sulfide) groups is 1. The molecule has 11 rings (SSSR count). The average Bonchev–Trinajstić information content (AvgIpc) is 4.07. The van der Waals surface area contributed by atoms with Crippen LogP contribution < -0.4 is 0 Å². The van der Waals surface area contributed by atoms with Gasteiger partial charge in [0.2, 0.25) is 0 Å². The number of para-hydroxylation sites is 2. The number of hydrogen-bond acceptors (Lipinski definition) is 14. The Morgan fingerprint density at radius 2 is 0.780 bits per heavy atom. The van der Waals surface area contributed by atoms with E-state index in [4.69, 9.17) is 56.8 Å². The molecule has 0 aliphatic carbocycles. The molecule has 2 saturated heterocycles. The summed E-state index contributed by atoms with van der Waals surface area (Å²) >= 11 is 1.29. The third-order valence-corrected chi connectivity index (χ3v) is 15.2. The summed E-state index contributed by atoms with van der Waals surface area (Å²) in [4.78, 5) is 19.4. The maximum atomic E-state index is 14.5. The van der Waals surface area contributed by atoms with Crippen molar-refractivity contribution in [3.63, 3.8) is 0 Å². The summed E-state index contributed by atoms with van der Waals surface area (Å²) < 4.78 is 76.1. The second-order valence-electron chi connectivity index (χ2n) is 20.0. The topological polar surface area (TPSA) is 135 Å². The van der Waals surface area contributed by atoms with Crippen LogP contribution in [-0.4, -0.2) is 84.7 Å². The molecule has 0 saturated carbocycles. The van der Waals surface area contributed by atoms with Crippen LogP contribution in [0.2, 0.25) is 0 Å². The van der Waals surface area contributed by atoms with Crippen molar-refractivity contribution < 1.29 is 56.6 Å². The highest BCUT2D eigenvalue weighted by Gasteiger charge is 2.53. The second kappa shape index (κ2) is 29.1. The minimum absolute atomic E-state index is 0.0700. The number of hydrogen-bond donors (Lipinski definition) is 0. The molecule has 9 aromatic rings. The predicted octanol–water partition coefficient (Wildman–Crippen LogP) is 12.8. The van der Waals surface area contributed by atoms with Crippen molar-refractivity contribution in [2.75, 3.05) is 13.2 Å². The molecule has 3 heterocycles. The highest BCUT2D eigenvalue weighted by molar-refractivity contribution is 7.99. The molecule has 0 unspecified atom stereocenters. The van der Waals surface area contributed by atoms with Gasteiger partial charge >= 0.3 is 5.97 Å². The van der Waals surface area contributed by atoms with E-state index in [1.807, 2.05) is 212 Å². The maximum absolute atomic E-state index is 14.5. The molecule has 10 atom stereocenters. The zero-order chi connectivity index (χ0) is 55.6. The molecule has 2 aliphatic heterocycles. The number of carbonyl (C=O) groups is 1. The first-order chi connectivity index (χ1) is 40.6. The van der Waals surface area contributed by atoms with E-state index in [1.54, 1.807) is 24.3 Å². The first-order valence-corrected chi connectivity index (χ1v) is 28.5. The van der Waals surface area contributed by atoms with Crippen LogP contribution in [0.1, 0.15) is 43.7 Å². The Kier molecular flexibility index (Phi) is 20.1. The first-order valence-electron chi connectivity index (χ1n) is 27.7. The lowest BCUT2D eigenvalue weighted by molar-refractivity contribution is -0.328. The number of oxazole rings is 1. The van der Waals surface area contributed by atoms with Crippen molar-refractivity contribution in [2.45, 2.75) is 105 Å². The Labute approximate surface area is 482 Å². The van der Waals surface area contributed by atoms with E-state index >= 15 is 0 Å². The number of fused-ring (bicyclic) bond motifs is 1. The van der Waals surface area contributed by atoms with Crippen molar-refractivity contribution >= 4 is 28.8 Å². The normalized spacial score (nSPS) is 22.6. The summed E-state index contributed by atoms with van der Waals surface area (Å²) in [6, 6.07) is 76.0. The molecule has 0 N–H and O–H groups in total. The van der Waals surface area contributed by atoms with Crippen LogP contribution in [0.25, 0.3) is 11.1 Å². The van der Waals surface area contributed by atoms with Crippen molar-refractivity contribution in [3.8, 4) is 0 Å². The molecule has 1 aromatic heterocycles. The second-order valence-corrected chi connectivity index (χ2v) is 21.1. The van der Waals surface area contributed by atoms with Crippen LogP contribution in [0.5, 0.6) is 0 Å². The zero-order valence-corrected chi connectivity index (χ0v) is 46.0.